The lowest BCUT2D eigenvalue weighted by Crippen LogP contribution is -2.30. The SMILES string of the molecule is [CH2]C(C)(C)C(O)C(C)C. The Labute approximate surface area is 58.1 Å². The van der Waals surface area contributed by atoms with Crippen LogP contribution in [-0.2, 0) is 0 Å². The molecule has 0 aromatic rings. The highest BCUT2D eigenvalue weighted by molar-refractivity contribution is 4.81. The van der Waals surface area contributed by atoms with E-state index < -0.39 is 0 Å². The Morgan fingerprint density at radius 2 is 1.67 bits per heavy atom. The van der Waals surface area contributed by atoms with Crippen molar-refractivity contribution in [2.45, 2.75) is 33.8 Å². The molecule has 0 aromatic heterocycles. The maximum atomic E-state index is 9.40. The van der Waals surface area contributed by atoms with E-state index in [0.717, 1.165) is 0 Å². The van der Waals surface area contributed by atoms with E-state index >= 15 is 0 Å². The average Bonchev–Trinajstić information content (AvgIpc) is 1.62. The van der Waals surface area contributed by atoms with Crippen LogP contribution in [0, 0.1) is 18.3 Å². The fourth-order valence-electron chi connectivity index (χ4n) is 0.902. The second-order valence-electron chi connectivity index (χ2n) is 3.68. The topological polar surface area (TPSA) is 20.2 Å². The molecule has 0 aliphatic carbocycles. The van der Waals surface area contributed by atoms with Gasteiger partial charge in [-0.15, -0.1) is 0 Å². The van der Waals surface area contributed by atoms with E-state index in [4.69, 9.17) is 0 Å². The second-order valence-corrected chi connectivity index (χ2v) is 3.68. The summed E-state index contributed by atoms with van der Waals surface area (Å²) >= 11 is 0. The van der Waals surface area contributed by atoms with Gasteiger partial charge in [0.25, 0.3) is 0 Å². The zero-order valence-electron chi connectivity index (χ0n) is 6.81. The number of hydrogen-bond acceptors (Lipinski definition) is 1. The van der Waals surface area contributed by atoms with Gasteiger partial charge in [-0.05, 0) is 18.3 Å². The molecule has 0 aromatic carbocycles. The maximum Gasteiger partial charge on any atom is 0.0614 e. The first-order valence-corrected chi connectivity index (χ1v) is 3.39. The molecular formula is C8H17O. The molecule has 0 fully saturated rings. The van der Waals surface area contributed by atoms with Gasteiger partial charge in [-0.2, -0.15) is 0 Å². The molecule has 55 valence electrons. The third-order valence-electron chi connectivity index (χ3n) is 1.43. The molecule has 0 heterocycles. The summed E-state index contributed by atoms with van der Waals surface area (Å²) in [5, 5.41) is 9.40. The largest absolute Gasteiger partial charge is 0.392 e. The fraction of sp³-hybridized carbons (Fsp3) is 0.875. The van der Waals surface area contributed by atoms with Crippen LogP contribution in [0.15, 0.2) is 0 Å². The molecule has 1 nitrogen and oxygen atoms in total. The Bertz CT molecular complexity index is 79.1. The van der Waals surface area contributed by atoms with Crippen molar-refractivity contribution in [2.24, 2.45) is 11.3 Å². The zero-order chi connectivity index (χ0) is 7.65. The van der Waals surface area contributed by atoms with Gasteiger partial charge in [0.2, 0.25) is 0 Å². The molecule has 0 spiro atoms. The lowest BCUT2D eigenvalue weighted by molar-refractivity contribution is 0.0395. The van der Waals surface area contributed by atoms with Crippen molar-refractivity contribution < 1.29 is 5.11 Å². The minimum Gasteiger partial charge on any atom is -0.392 e. The van der Waals surface area contributed by atoms with Crippen LogP contribution < -0.4 is 0 Å². The van der Waals surface area contributed by atoms with E-state index in [-0.39, 0.29) is 11.5 Å². The molecule has 9 heavy (non-hydrogen) atoms. The molecule has 1 atom stereocenters. The number of rotatable bonds is 2. The Kier molecular flexibility index (Phi) is 2.68. The van der Waals surface area contributed by atoms with Crippen molar-refractivity contribution in [2.75, 3.05) is 0 Å². The Morgan fingerprint density at radius 3 is 1.67 bits per heavy atom. The van der Waals surface area contributed by atoms with E-state index in [2.05, 4.69) is 6.92 Å². The van der Waals surface area contributed by atoms with Gasteiger partial charge in [-0.3, -0.25) is 0 Å². The molecule has 1 N–H and O–H groups in total. The molecule has 0 aliphatic heterocycles. The molecule has 0 saturated carbocycles. The molecule has 0 saturated heterocycles. The van der Waals surface area contributed by atoms with Crippen LogP contribution >= 0.6 is 0 Å². The van der Waals surface area contributed by atoms with Gasteiger partial charge in [0.05, 0.1) is 6.10 Å². The summed E-state index contributed by atoms with van der Waals surface area (Å²) in [6.07, 6.45) is -0.294. The van der Waals surface area contributed by atoms with Crippen LogP contribution in [0.25, 0.3) is 0 Å². The van der Waals surface area contributed by atoms with Gasteiger partial charge in [0.15, 0.2) is 0 Å². The maximum absolute atomic E-state index is 9.40. The first-order valence-electron chi connectivity index (χ1n) is 3.39. The Hall–Kier alpha value is -0.0400. The normalized spacial score (nSPS) is 16.3. The summed E-state index contributed by atoms with van der Waals surface area (Å²) in [5.74, 6) is 0.303. The van der Waals surface area contributed by atoms with Crippen molar-refractivity contribution in [1.82, 2.24) is 0 Å². The van der Waals surface area contributed by atoms with E-state index in [1.807, 2.05) is 27.7 Å². The smallest absolute Gasteiger partial charge is 0.0614 e. The van der Waals surface area contributed by atoms with E-state index in [9.17, 15) is 5.11 Å². The third-order valence-corrected chi connectivity index (χ3v) is 1.43. The molecule has 0 amide bonds. The Morgan fingerprint density at radius 1 is 1.33 bits per heavy atom. The molecule has 1 heteroatoms. The van der Waals surface area contributed by atoms with Gasteiger partial charge >= 0.3 is 0 Å². The minimum absolute atomic E-state index is 0.214. The molecule has 0 rings (SSSR count). The summed E-state index contributed by atoms with van der Waals surface area (Å²) in [7, 11) is 0. The third kappa shape index (κ3) is 2.85. The van der Waals surface area contributed by atoms with E-state index in [1.165, 1.54) is 0 Å². The van der Waals surface area contributed by atoms with Crippen LogP contribution in [0.1, 0.15) is 27.7 Å². The number of aliphatic hydroxyl groups is 1. The van der Waals surface area contributed by atoms with Crippen molar-refractivity contribution >= 4 is 0 Å². The van der Waals surface area contributed by atoms with Gasteiger partial charge in [-0.25, -0.2) is 0 Å². The van der Waals surface area contributed by atoms with E-state index in [1.54, 1.807) is 0 Å². The van der Waals surface area contributed by atoms with Crippen molar-refractivity contribution in [3.05, 3.63) is 6.92 Å². The highest BCUT2D eigenvalue weighted by Gasteiger charge is 2.24. The highest BCUT2D eigenvalue weighted by Crippen LogP contribution is 2.23. The lowest BCUT2D eigenvalue weighted by Gasteiger charge is -2.28. The lowest BCUT2D eigenvalue weighted by atomic mass is 9.83. The Balaban J connectivity index is 3.88. The summed E-state index contributed by atoms with van der Waals surface area (Å²) in [6.45, 7) is 11.7. The van der Waals surface area contributed by atoms with Gasteiger partial charge in [0.1, 0.15) is 0 Å². The first kappa shape index (κ1) is 8.96. The molecule has 0 bridgehead atoms. The molecule has 1 radical (unpaired) electrons. The average molecular weight is 129 g/mol. The predicted molar refractivity (Wildman–Crippen MR) is 40.0 cm³/mol. The summed E-state index contributed by atoms with van der Waals surface area (Å²) in [5.41, 5.74) is -0.214. The van der Waals surface area contributed by atoms with Crippen LogP contribution in [0.2, 0.25) is 0 Å². The van der Waals surface area contributed by atoms with Crippen LogP contribution in [0.5, 0.6) is 0 Å². The quantitative estimate of drug-likeness (QED) is 0.603. The van der Waals surface area contributed by atoms with Crippen LogP contribution in [0.4, 0.5) is 0 Å². The monoisotopic (exact) mass is 129 g/mol. The highest BCUT2D eigenvalue weighted by atomic mass is 16.3. The van der Waals surface area contributed by atoms with Crippen LogP contribution in [0.3, 0.4) is 0 Å². The summed E-state index contributed by atoms with van der Waals surface area (Å²) in [4.78, 5) is 0. The molecular weight excluding hydrogens is 112 g/mol. The van der Waals surface area contributed by atoms with Crippen molar-refractivity contribution in [1.29, 1.82) is 0 Å². The second kappa shape index (κ2) is 2.70. The fourth-order valence-corrected chi connectivity index (χ4v) is 0.902. The minimum atomic E-state index is -0.294. The number of hydrogen-bond donors (Lipinski definition) is 1. The van der Waals surface area contributed by atoms with Gasteiger partial charge < -0.3 is 5.11 Å². The predicted octanol–water partition coefficient (Wildman–Crippen LogP) is 1.86. The van der Waals surface area contributed by atoms with Crippen molar-refractivity contribution in [3.63, 3.8) is 0 Å². The van der Waals surface area contributed by atoms with E-state index in [0.29, 0.717) is 5.92 Å². The van der Waals surface area contributed by atoms with Gasteiger partial charge in [0, 0.05) is 0 Å². The number of aliphatic hydroxyl groups excluding tert-OH is 1. The first-order chi connectivity index (χ1) is 3.85. The molecule has 1 unspecified atom stereocenters. The standard InChI is InChI=1S/C8H17O/c1-6(2)7(9)8(3,4)5/h6-7,9H,3H2,1-2,4-5H3. The van der Waals surface area contributed by atoms with Crippen LogP contribution in [-0.4, -0.2) is 11.2 Å². The van der Waals surface area contributed by atoms with Crippen molar-refractivity contribution in [3.8, 4) is 0 Å². The summed E-state index contributed by atoms with van der Waals surface area (Å²) < 4.78 is 0. The zero-order valence-corrected chi connectivity index (χ0v) is 6.81. The summed E-state index contributed by atoms with van der Waals surface area (Å²) in [6, 6.07) is 0. The molecule has 0 aliphatic rings. The van der Waals surface area contributed by atoms with Gasteiger partial charge in [-0.1, -0.05) is 27.7 Å².